The first kappa shape index (κ1) is 19.4. The number of carbonyl (C=O) groups excluding carboxylic acids is 1. The van der Waals surface area contributed by atoms with Gasteiger partial charge in [0.25, 0.3) is 5.91 Å². The van der Waals surface area contributed by atoms with E-state index in [2.05, 4.69) is 20.6 Å². The molecule has 0 saturated carbocycles. The van der Waals surface area contributed by atoms with Crippen LogP contribution < -0.4 is 5.32 Å². The maximum Gasteiger partial charge on any atom is 0.273 e. The molecule has 154 valence electrons. The summed E-state index contributed by atoms with van der Waals surface area (Å²) in [4.78, 5) is 19.4. The van der Waals surface area contributed by atoms with Gasteiger partial charge in [-0.15, -0.1) is 22.7 Å². The lowest BCUT2D eigenvalue weighted by molar-refractivity contribution is 0.101. The van der Waals surface area contributed by atoms with Crippen molar-refractivity contribution in [3.63, 3.8) is 0 Å². The monoisotopic (exact) mass is 447 g/mol. The first-order chi connectivity index (χ1) is 15.2. The van der Waals surface area contributed by atoms with Crippen molar-refractivity contribution in [1.82, 2.24) is 19.9 Å². The summed E-state index contributed by atoms with van der Waals surface area (Å²) in [6, 6.07) is 17.2. The number of hydrogen-bond acceptors (Lipinski definition) is 7. The van der Waals surface area contributed by atoms with Gasteiger partial charge in [-0.1, -0.05) is 35.5 Å². The molecule has 5 aromatic rings. The van der Waals surface area contributed by atoms with Gasteiger partial charge in [0, 0.05) is 12.7 Å². The molecule has 0 saturated heterocycles. The highest BCUT2D eigenvalue weighted by molar-refractivity contribution is 7.13. The molecule has 0 bridgehead atoms. The van der Waals surface area contributed by atoms with Gasteiger partial charge in [0.15, 0.2) is 0 Å². The average Bonchev–Trinajstić information content (AvgIpc) is 3.56. The maximum atomic E-state index is 13.0. The Morgan fingerprint density at radius 2 is 1.84 bits per heavy atom. The highest BCUT2D eigenvalue weighted by atomic mass is 32.1. The van der Waals surface area contributed by atoms with Crippen LogP contribution in [-0.4, -0.2) is 25.8 Å². The number of carbonyl (C=O) groups is 1. The van der Waals surface area contributed by atoms with E-state index in [1.54, 1.807) is 40.5 Å². The van der Waals surface area contributed by atoms with Crippen LogP contribution in [0.15, 0.2) is 69.9 Å². The molecule has 1 aromatic carbocycles. The molecule has 0 aliphatic carbocycles. The Balaban J connectivity index is 1.36. The van der Waals surface area contributed by atoms with Gasteiger partial charge in [-0.05, 0) is 40.6 Å². The van der Waals surface area contributed by atoms with E-state index >= 15 is 0 Å². The predicted molar refractivity (Wildman–Crippen MR) is 121 cm³/mol. The van der Waals surface area contributed by atoms with Crippen molar-refractivity contribution >= 4 is 34.3 Å². The molecule has 4 heterocycles. The Morgan fingerprint density at radius 3 is 2.61 bits per heavy atom. The molecule has 0 fully saturated rings. The molecule has 0 aliphatic rings. The van der Waals surface area contributed by atoms with E-state index in [0.29, 0.717) is 29.5 Å². The lowest BCUT2D eigenvalue weighted by atomic mass is 10.1. The Bertz CT molecular complexity index is 1320. The number of aryl methyl sites for hydroxylation is 1. The van der Waals surface area contributed by atoms with Gasteiger partial charge in [-0.25, -0.2) is 0 Å². The summed E-state index contributed by atoms with van der Waals surface area (Å²) in [6.45, 7) is 0. The lowest BCUT2D eigenvalue weighted by Gasteiger charge is -2.09. The lowest BCUT2D eigenvalue weighted by Crippen LogP contribution is -2.17. The van der Waals surface area contributed by atoms with Crippen molar-refractivity contribution in [3.8, 4) is 21.3 Å². The number of amides is 1. The molecule has 0 unspecified atom stereocenters. The quantitative estimate of drug-likeness (QED) is 0.391. The van der Waals surface area contributed by atoms with Crippen LogP contribution in [0, 0.1) is 0 Å². The molecule has 0 spiro atoms. The topological polar surface area (TPSA) is 85.8 Å². The minimum atomic E-state index is -0.227. The summed E-state index contributed by atoms with van der Waals surface area (Å²) in [5.74, 6) is 0.836. The number of hydrogen-bond donors (Lipinski definition) is 1. The van der Waals surface area contributed by atoms with Gasteiger partial charge in [-0.2, -0.15) is 10.1 Å². The molecule has 0 atom stereocenters. The van der Waals surface area contributed by atoms with E-state index < -0.39 is 0 Å². The zero-order chi connectivity index (χ0) is 21.2. The normalized spacial score (nSPS) is 11.0. The number of rotatable bonds is 6. The molecule has 31 heavy (non-hydrogen) atoms. The Kier molecular flexibility index (Phi) is 5.19. The fraction of sp³-hybridized carbons (Fsp3) is 0.0909. The standard InChI is InChI=1S/C22H17N5O2S2/c1-27-17(13-16(25-27)18-8-4-10-30-18)22(28)23-15-7-3-2-6-14(15)12-20-24-21(26-29-20)19-9-5-11-31-19/h2-11,13H,12H2,1H3,(H,23,28). The highest BCUT2D eigenvalue weighted by Crippen LogP contribution is 2.26. The van der Waals surface area contributed by atoms with Crippen LogP contribution in [0.3, 0.4) is 0 Å². The third-order valence-electron chi connectivity index (χ3n) is 4.70. The van der Waals surface area contributed by atoms with Crippen LogP contribution in [0.4, 0.5) is 5.69 Å². The smallest absolute Gasteiger partial charge is 0.273 e. The zero-order valence-corrected chi connectivity index (χ0v) is 18.1. The van der Waals surface area contributed by atoms with Gasteiger partial charge in [0.2, 0.25) is 11.7 Å². The molecular formula is C22H17N5O2S2. The number of benzene rings is 1. The molecule has 9 heteroatoms. The van der Waals surface area contributed by atoms with E-state index in [1.807, 2.05) is 59.3 Å². The summed E-state index contributed by atoms with van der Waals surface area (Å²) < 4.78 is 7.02. The number of nitrogens with zero attached hydrogens (tertiary/aromatic N) is 4. The van der Waals surface area contributed by atoms with Crippen molar-refractivity contribution in [2.24, 2.45) is 7.05 Å². The van der Waals surface area contributed by atoms with Crippen LogP contribution in [0.1, 0.15) is 21.9 Å². The third kappa shape index (κ3) is 4.05. The summed E-state index contributed by atoms with van der Waals surface area (Å²) in [7, 11) is 1.77. The average molecular weight is 448 g/mol. The molecule has 4 aromatic heterocycles. The number of thiophene rings is 2. The second-order valence-corrected chi connectivity index (χ2v) is 8.69. The van der Waals surface area contributed by atoms with E-state index in [1.165, 1.54) is 0 Å². The first-order valence-corrected chi connectivity index (χ1v) is 11.3. The largest absolute Gasteiger partial charge is 0.339 e. The fourth-order valence-electron chi connectivity index (χ4n) is 3.20. The minimum absolute atomic E-state index is 0.227. The number of aromatic nitrogens is 4. The molecule has 7 nitrogen and oxygen atoms in total. The number of anilines is 1. The summed E-state index contributed by atoms with van der Waals surface area (Å²) in [5, 5.41) is 15.5. The molecule has 0 aliphatic heterocycles. The van der Waals surface area contributed by atoms with Gasteiger partial charge < -0.3 is 9.84 Å². The van der Waals surface area contributed by atoms with Gasteiger partial charge >= 0.3 is 0 Å². The maximum absolute atomic E-state index is 13.0. The second-order valence-electron chi connectivity index (χ2n) is 6.79. The van der Waals surface area contributed by atoms with Crippen molar-refractivity contribution in [1.29, 1.82) is 0 Å². The molecule has 1 N–H and O–H groups in total. The highest BCUT2D eigenvalue weighted by Gasteiger charge is 2.17. The van der Waals surface area contributed by atoms with E-state index in [4.69, 9.17) is 4.52 Å². The summed E-state index contributed by atoms with van der Waals surface area (Å²) >= 11 is 3.15. The first-order valence-electron chi connectivity index (χ1n) is 9.51. The van der Waals surface area contributed by atoms with Crippen molar-refractivity contribution in [2.45, 2.75) is 6.42 Å². The summed E-state index contributed by atoms with van der Waals surface area (Å²) in [5.41, 5.74) is 2.85. The molecule has 1 amide bonds. The Hall–Kier alpha value is -3.56. The van der Waals surface area contributed by atoms with E-state index in [9.17, 15) is 4.79 Å². The Labute approximate surface area is 186 Å². The molecule has 0 radical (unpaired) electrons. The van der Waals surface area contributed by atoms with Crippen LogP contribution >= 0.6 is 22.7 Å². The van der Waals surface area contributed by atoms with Gasteiger partial charge in [-0.3, -0.25) is 9.48 Å². The molecular weight excluding hydrogens is 430 g/mol. The SMILES string of the molecule is Cn1nc(-c2cccs2)cc1C(=O)Nc1ccccc1Cc1nc(-c2cccs2)no1. The van der Waals surface area contributed by atoms with Crippen LogP contribution in [0.25, 0.3) is 21.3 Å². The van der Waals surface area contributed by atoms with Gasteiger partial charge in [0.1, 0.15) is 11.4 Å². The van der Waals surface area contributed by atoms with Crippen LogP contribution in [0.5, 0.6) is 0 Å². The van der Waals surface area contributed by atoms with Crippen LogP contribution in [-0.2, 0) is 13.5 Å². The minimum Gasteiger partial charge on any atom is -0.339 e. The van der Waals surface area contributed by atoms with Crippen molar-refractivity contribution in [2.75, 3.05) is 5.32 Å². The summed E-state index contributed by atoms with van der Waals surface area (Å²) in [6.07, 6.45) is 0.417. The number of nitrogens with one attached hydrogen (secondary N) is 1. The molecule has 5 rings (SSSR count). The number of para-hydroxylation sites is 1. The fourth-order valence-corrected chi connectivity index (χ4v) is 4.53. The predicted octanol–water partition coefficient (Wildman–Crippen LogP) is 5.10. The van der Waals surface area contributed by atoms with Gasteiger partial charge in [0.05, 0.1) is 16.2 Å². The zero-order valence-electron chi connectivity index (χ0n) is 16.5. The van der Waals surface area contributed by atoms with Crippen LogP contribution in [0.2, 0.25) is 0 Å². The van der Waals surface area contributed by atoms with Crippen molar-refractivity contribution in [3.05, 3.63) is 82.5 Å². The second kappa shape index (κ2) is 8.29. The third-order valence-corrected chi connectivity index (χ3v) is 6.46. The van der Waals surface area contributed by atoms with E-state index in [-0.39, 0.29) is 5.91 Å². The Morgan fingerprint density at radius 1 is 1.06 bits per heavy atom. The van der Waals surface area contributed by atoms with E-state index in [0.717, 1.165) is 21.0 Å². The van der Waals surface area contributed by atoms with Crippen molar-refractivity contribution < 1.29 is 9.32 Å².